The first kappa shape index (κ1) is 16.0. The summed E-state index contributed by atoms with van der Waals surface area (Å²) in [5.41, 5.74) is 4.26. The second-order valence-corrected chi connectivity index (χ2v) is 8.51. The Morgan fingerprint density at radius 3 is 3.08 bits per heavy atom. The molecule has 0 bridgehead atoms. The Kier molecular flexibility index (Phi) is 3.62. The maximum Gasteiger partial charge on any atom is 0.274 e. The summed E-state index contributed by atoms with van der Waals surface area (Å²) in [6, 6.07) is 6.88. The van der Waals surface area contributed by atoms with Crippen LogP contribution in [-0.2, 0) is 6.42 Å². The Labute approximate surface area is 155 Å². The Morgan fingerprint density at radius 1 is 1.38 bits per heavy atom. The fourth-order valence-electron chi connectivity index (χ4n) is 4.66. The van der Waals surface area contributed by atoms with Crippen molar-refractivity contribution >= 4 is 33.3 Å². The van der Waals surface area contributed by atoms with Crippen LogP contribution in [0.4, 0.5) is 5.13 Å². The average molecular weight is 367 g/mol. The minimum Gasteiger partial charge on any atom is -0.350 e. The zero-order valence-corrected chi connectivity index (χ0v) is 15.7. The summed E-state index contributed by atoms with van der Waals surface area (Å²) in [7, 11) is 2.21. The van der Waals surface area contributed by atoms with Crippen LogP contribution in [0.1, 0.15) is 45.4 Å². The quantitative estimate of drug-likeness (QED) is 0.729. The number of aromatic nitrogens is 3. The summed E-state index contributed by atoms with van der Waals surface area (Å²) in [5.74, 6) is 0.428. The van der Waals surface area contributed by atoms with Crippen molar-refractivity contribution in [2.75, 3.05) is 18.9 Å². The van der Waals surface area contributed by atoms with E-state index in [2.05, 4.69) is 50.6 Å². The van der Waals surface area contributed by atoms with Gasteiger partial charge < -0.3 is 9.88 Å². The zero-order chi connectivity index (χ0) is 17.8. The van der Waals surface area contributed by atoms with Crippen LogP contribution >= 0.6 is 11.3 Å². The van der Waals surface area contributed by atoms with Crippen LogP contribution in [0.2, 0.25) is 0 Å². The highest BCUT2D eigenvalue weighted by Gasteiger charge is 2.38. The minimum absolute atomic E-state index is 0.129. The largest absolute Gasteiger partial charge is 0.350 e. The molecule has 1 amide bonds. The Morgan fingerprint density at radius 2 is 2.27 bits per heavy atom. The van der Waals surface area contributed by atoms with Crippen molar-refractivity contribution in [1.82, 2.24) is 20.1 Å². The van der Waals surface area contributed by atoms with Crippen LogP contribution in [0.15, 0.2) is 18.2 Å². The molecule has 3 aromatic rings. The number of rotatable bonds is 2. The van der Waals surface area contributed by atoms with Gasteiger partial charge in [-0.05, 0) is 57.0 Å². The van der Waals surface area contributed by atoms with Crippen molar-refractivity contribution in [3.63, 3.8) is 0 Å². The molecule has 7 heteroatoms. The summed E-state index contributed by atoms with van der Waals surface area (Å²) < 4.78 is 0. The number of aromatic amines is 1. The molecule has 2 aliphatic rings. The number of carbonyl (C=O) groups excluding carboxylic acids is 1. The molecule has 1 saturated heterocycles. The molecule has 5 rings (SSSR count). The highest BCUT2D eigenvalue weighted by molar-refractivity contribution is 7.15. The molecule has 2 aromatic heterocycles. The zero-order valence-electron chi connectivity index (χ0n) is 14.9. The van der Waals surface area contributed by atoms with E-state index in [0.717, 1.165) is 29.1 Å². The first-order valence-corrected chi connectivity index (χ1v) is 9.88. The van der Waals surface area contributed by atoms with E-state index in [1.807, 2.05) is 6.92 Å². The number of hydrogen-bond donors (Lipinski definition) is 2. The molecule has 26 heavy (non-hydrogen) atoms. The lowest BCUT2D eigenvalue weighted by molar-refractivity contribution is 0.102. The van der Waals surface area contributed by atoms with Crippen LogP contribution in [0, 0.1) is 6.92 Å². The second kappa shape index (κ2) is 5.89. The van der Waals surface area contributed by atoms with Crippen LogP contribution in [0.5, 0.6) is 0 Å². The number of fused-ring (bicyclic) bond motifs is 2. The molecule has 1 aliphatic carbocycles. The molecule has 0 saturated carbocycles. The molecule has 0 spiro atoms. The number of nitrogens with one attached hydrogen (secondary N) is 2. The molecule has 2 atom stereocenters. The van der Waals surface area contributed by atoms with E-state index in [9.17, 15) is 4.79 Å². The van der Waals surface area contributed by atoms with Gasteiger partial charge >= 0.3 is 0 Å². The molecule has 6 nitrogen and oxygen atoms in total. The number of likely N-dealkylation sites (tertiary alicyclic amines) is 1. The van der Waals surface area contributed by atoms with Crippen LogP contribution in [0.3, 0.4) is 0 Å². The number of amides is 1. The summed E-state index contributed by atoms with van der Waals surface area (Å²) >= 11 is 1.39. The van der Waals surface area contributed by atoms with E-state index in [0.29, 0.717) is 22.8 Å². The number of piperidine rings is 1. The fraction of sp³-hybridized carbons (Fsp3) is 0.421. The van der Waals surface area contributed by atoms with Crippen LogP contribution < -0.4 is 5.32 Å². The third kappa shape index (κ3) is 2.38. The van der Waals surface area contributed by atoms with Gasteiger partial charge in [-0.15, -0.1) is 10.2 Å². The maximum atomic E-state index is 12.9. The monoisotopic (exact) mass is 367 g/mol. The third-order valence-corrected chi connectivity index (χ3v) is 6.56. The van der Waals surface area contributed by atoms with E-state index >= 15 is 0 Å². The van der Waals surface area contributed by atoms with Gasteiger partial charge in [0.2, 0.25) is 5.13 Å². The van der Waals surface area contributed by atoms with Crippen molar-refractivity contribution in [2.45, 2.75) is 38.1 Å². The van der Waals surface area contributed by atoms with E-state index in [4.69, 9.17) is 0 Å². The predicted molar refractivity (Wildman–Crippen MR) is 103 cm³/mol. The van der Waals surface area contributed by atoms with Gasteiger partial charge in [0.05, 0.1) is 0 Å². The van der Waals surface area contributed by atoms with Crippen molar-refractivity contribution in [3.05, 3.63) is 40.0 Å². The Hall–Kier alpha value is -2.25. The Balaban J connectivity index is 1.60. The molecule has 1 aromatic carbocycles. The van der Waals surface area contributed by atoms with E-state index in [1.54, 1.807) is 0 Å². The molecule has 1 fully saturated rings. The van der Waals surface area contributed by atoms with Gasteiger partial charge in [0.1, 0.15) is 10.7 Å². The first-order chi connectivity index (χ1) is 12.6. The van der Waals surface area contributed by atoms with Gasteiger partial charge in [0, 0.05) is 22.9 Å². The number of aryl methyl sites for hydroxylation is 1. The van der Waals surface area contributed by atoms with Crippen molar-refractivity contribution in [1.29, 1.82) is 0 Å². The first-order valence-electron chi connectivity index (χ1n) is 9.07. The molecule has 134 valence electrons. The second-order valence-electron chi connectivity index (χ2n) is 7.33. The number of nitrogens with zero attached hydrogens (tertiary/aromatic N) is 3. The molecular weight excluding hydrogens is 346 g/mol. The summed E-state index contributed by atoms with van der Waals surface area (Å²) in [6.07, 6.45) is 3.37. The average Bonchev–Trinajstić information content (AvgIpc) is 3.21. The van der Waals surface area contributed by atoms with Gasteiger partial charge in [0.15, 0.2) is 0 Å². The standard InChI is InChI=1S/C19H21N5OS/c1-10-22-23-19(26-10)21-18(25)17-13-9-15-11(6-4-8-24(15)2)12-5-3-7-14(20-17)16(12)13/h3,5,7,11,15,20H,4,6,8-9H2,1-2H3,(H,21,23,25)/t11?,15-/m1/s1. The van der Waals surface area contributed by atoms with Crippen LogP contribution in [0.25, 0.3) is 10.9 Å². The number of benzene rings is 1. The summed E-state index contributed by atoms with van der Waals surface area (Å²) in [6.45, 7) is 3.01. The topological polar surface area (TPSA) is 73.9 Å². The highest BCUT2D eigenvalue weighted by atomic mass is 32.1. The third-order valence-electron chi connectivity index (χ3n) is 5.80. The van der Waals surface area contributed by atoms with E-state index in [1.165, 1.54) is 35.1 Å². The van der Waals surface area contributed by atoms with Gasteiger partial charge in [-0.25, -0.2) is 0 Å². The summed E-state index contributed by atoms with van der Waals surface area (Å²) in [4.78, 5) is 18.8. The lowest BCUT2D eigenvalue weighted by Gasteiger charge is -2.42. The lowest BCUT2D eigenvalue weighted by atomic mass is 9.75. The van der Waals surface area contributed by atoms with E-state index in [-0.39, 0.29) is 5.91 Å². The smallest absolute Gasteiger partial charge is 0.274 e. The normalized spacial score (nSPS) is 22.4. The highest BCUT2D eigenvalue weighted by Crippen LogP contribution is 2.44. The van der Waals surface area contributed by atoms with Crippen molar-refractivity contribution in [2.24, 2.45) is 0 Å². The van der Waals surface area contributed by atoms with Gasteiger partial charge in [-0.2, -0.15) is 0 Å². The lowest BCUT2D eigenvalue weighted by Crippen LogP contribution is -2.44. The van der Waals surface area contributed by atoms with Crippen molar-refractivity contribution < 1.29 is 4.79 Å². The van der Waals surface area contributed by atoms with E-state index < -0.39 is 0 Å². The number of H-pyrrole nitrogens is 1. The predicted octanol–water partition coefficient (Wildman–Crippen LogP) is 3.31. The maximum absolute atomic E-state index is 12.9. The molecule has 2 N–H and O–H groups in total. The SMILES string of the molecule is Cc1nnc(NC(=O)c2[nH]c3cccc4c3c2C[C@@H]2C4CCCN2C)s1. The number of carbonyl (C=O) groups is 1. The minimum atomic E-state index is -0.129. The fourth-order valence-corrected chi connectivity index (χ4v) is 5.24. The number of likely N-dealkylation sites (N-methyl/N-ethyl adjacent to an activating group) is 1. The summed E-state index contributed by atoms with van der Waals surface area (Å²) in [5, 5.41) is 13.5. The Bertz CT molecular complexity index is 1010. The van der Waals surface area contributed by atoms with Gasteiger partial charge in [0.25, 0.3) is 5.91 Å². The van der Waals surface area contributed by atoms with Crippen molar-refractivity contribution in [3.8, 4) is 0 Å². The molecule has 1 aliphatic heterocycles. The molecule has 1 unspecified atom stereocenters. The molecular formula is C19H21N5OS. The number of anilines is 1. The number of hydrogen-bond acceptors (Lipinski definition) is 5. The molecule has 3 heterocycles. The van der Waals surface area contributed by atoms with Gasteiger partial charge in [-0.3, -0.25) is 10.1 Å². The van der Waals surface area contributed by atoms with Crippen LogP contribution in [-0.4, -0.2) is 45.6 Å². The van der Waals surface area contributed by atoms with Gasteiger partial charge in [-0.1, -0.05) is 23.5 Å². The molecule has 0 radical (unpaired) electrons.